The van der Waals surface area contributed by atoms with Gasteiger partial charge in [0.25, 0.3) is 0 Å². The largest absolute Gasteiger partial charge is 0.497 e. The Bertz CT molecular complexity index is 773. The van der Waals surface area contributed by atoms with Crippen molar-refractivity contribution >= 4 is 5.57 Å². The molecule has 0 N–H and O–H groups in total. The number of methoxy groups -OCH3 is 4. The normalized spacial score (nSPS) is 13.9. The van der Waals surface area contributed by atoms with Gasteiger partial charge in [0, 0.05) is 0 Å². The standard InChI is InChI=1S/C23H28O4/c1-24-19-12-10-17(11-13-19)22(16-8-6-5-7-9-16)18-14-20(25-2)23(27-4)21(15-18)26-3/h10-15H,5-9H2,1-4H3. The van der Waals surface area contributed by atoms with Crippen molar-refractivity contribution in [1.29, 1.82) is 0 Å². The lowest BCUT2D eigenvalue weighted by Gasteiger charge is -2.22. The second-order valence-corrected chi connectivity index (χ2v) is 6.68. The van der Waals surface area contributed by atoms with E-state index in [0.29, 0.717) is 17.2 Å². The average Bonchev–Trinajstić information content (AvgIpc) is 2.74. The molecule has 0 heterocycles. The van der Waals surface area contributed by atoms with E-state index in [1.165, 1.54) is 36.0 Å². The highest BCUT2D eigenvalue weighted by Gasteiger charge is 2.20. The first-order valence-electron chi connectivity index (χ1n) is 9.38. The maximum absolute atomic E-state index is 5.58. The van der Waals surface area contributed by atoms with Gasteiger partial charge in [-0.05, 0) is 66.6 Å². The summed E-state index contributed by atoms with van der Waals surface area (Å²) in [5, 5.41) is 0. The maximum Gasteiger partial charge on any atom is 0.203 e. The summed E-state index contributed by atoms with van der Waals surface area (Å²) in [6, 6.07) is 12.4. The van der Waals surface area contributed by atoms with Gasteiger partial charge in [0.2, 0.25) is 5.75 Å². The first kappa shape index (κ1) is 19.2. The van der Waals surface area contributed by atoms with Crippen LogP contribution in [0, 0.1) is 0 Å². The summed E-state index contributed by atoms with van der Waals surface area (Å²) in [4.78, 5) is 0. The van der Waals surface area contributed by atoms with Crippen LogP contribution in [0.5, 0.6) is 23.0 Å². The number of hydrogen-bond acceptors (Lipinski definition) is 4. The zero-order chi connectivity index (χ0) is 19.2. The quantitative estimate of drug-likeness (QED) is 0.676. The van der Waals surface area contributed by atoms with Crippen LogP contribution in [0.4, 0.5) is 0 Å². The molecule has 1 aliphatic carbocycles. The third-order valence-corrected chi connectivity index (χ3v) is 5.14. The van der Waals surface area contributed by atoms with E-state index in [4.69, 9.17) is 18.9 Å². The second kappa shape index (κ2) is 8.85. The number of benzene rings is 2. The lowest BCUT2D eigenvalue weighted by Crippen LogP contribution is -2.02. The third-order valence-electron chi connectivity index (χ3n) is 5.14. The molecule has 27 heavy (non-hydrogen) atoms. The lowest BCUT2D eigenvalue weighted by atomic mass is 9.85. The maximum atomic E-state index is 5.58. The molecular formula is C23H28O4. The van der Waals surface area contributed by atoms with Gasteiger partial charge in [0.05, 0.1) is 28.4 Å². The van der Waals surface area contributed by atoms with Crippen LogP contribution < -0.4 is 18.9 Å². The molecule has 2 aromatic rings. The van der Waals surface area contributed by atoms with E-state index in [1.54, 1.807) is 28.4 Å². The summed E-state index contributed by atoms with van der Waals surface area (Å²) in [6.45, 7) is 0. The van der Waals surface area contributed by atoms with Gasteiger partial charge in [-0.3, -0.25) is 0 Å². The molecule has 0 unspecified atom stereocenters. The topological polar surface area (TPSA) is 36.9 Å². The van der Waals surface area contributed by atoms with Gasteiger partial charge in [-0.2, -0.15) is 0 Å². The molecule has 4 nitrogen and oxygen atoms in total. The van der Waals surface area contributed by atoms with Crippen LogP contribution in [0.25, 0.3) is 5.57 Å². The first-order valence-corrected chi connectivity index (χ1v) is 9.38. The Morgan fingerprint density at radius 1 is 0.667 bits per heavy atom. The van der Waals surface area contributed by atoms with E-state index in [2.05, 4.69) is 12.1 Å². The summed E-state index contributed by atoms with van der Waals surface area (Å²) in [5.74, 6) is 2.83. The van der Waals surface area contributed by atoms with Gasteiger partial charge in [-0.15, -0.1) is 0 Å². The molecule has 144 valence electrons. The van der Waals surface area contributed by atoms with Crippen molar-refractivity contribution in [1.82, 2.24) is 0 Å². The molecule has 2 aromatic carbocycles. The summed E-state index contributed by atoms with van der Waals surface area (Å²) in [6.07, 6.45) is 6.02. The van der Waals surface area contributed by atoms with Crippen molar-refractivity contribution in [3.63, 3.8) is 0 Å². The second-order valence-electron chi connectivity index (χ2n) is 6.68. The molecule has 1 fully saturated rings. The van der Waals surface area contributed by atoms with Crippen molar-refractivity contribution in [3.8, 4) is 23.0 Å². The van der Waals surface area contributed by atoms with E-state index >= 15 is 0 Å². The Hall–Kier alpha value is -2.62. The summed E-state index contributed by atoms with van der Waals surface area (Å²) in [5.41, 5.74) is 5.02. The van der Waals surface area contributed by atoms with Crippen molar-refractivity contribution in [2.45, 2.75) is 32.1 Å². The molecule has 0 atom stereocenters. The molecule has 0 aromatic heterocycles. The Morgan fingerprint density at radius 3 is 1.74 bits per heavy atom. The van der Waals surface area contributed by atoms with Gasteiger partial charge in [-0.1, -0.05) is 24.1 Å². The zero-order valence-electron chi connectivity index (χ0n) is 16.6. The van der Waals surface area contributed by atoms with E-state index in [9.17, 15) is 0 Å². The van der Waals surface area contributed by atoms with Gasteiger partial charge in [-0.25, -0.2) is 0 Å². The minimum absolute atomic E-state index is 0.617. The van der Waals surface area contributed by atoms with Crippen LogP contribution in [0.2, 0.25) is 0 Å². The first-order chi connectivity index (χ1) is 13.2. The van der Waals surface area contributed by atoms with Crippen LogP contribution in [-0.2, 0) is 0 Å². The van der Waals surface area contributed by atoms with Crippen LogP contribution in [-0.4, -0.2) is 28.4 Å². The number of hydrogen-bond donors (Lipinski definition) is 0. The van der Waals surface area contributed by atoms with Gasteiger partial charge in [0.1, 0.15) is 5.75 Å². The predicted molar refractivity (Wildman–Crippen MR) is 108 cm³/mol. The highest BCUT2D eigenvalue weighted by atomic mass is 16.5. The monoisotopic (exact) mass is 368 g/mol. The average molecular weight is 368 g/mol. The Kier molecular flexibility index (Phi) is 6.28. The summed E-state index contributed by atoms with van der Waals surface area (Å²) >= 11 is 0. The van der Waals surface area contributed by atoms with E-state index in [0.717, 1.165) is 24.2 Å². The molecule has 1 saturated carbocycles. The highest BCUT2D eigenvalue weighted by molar-refractivity contribution is 5.84. The molecule has 0 saturated heterocycles. The van der Waals surface area contributed by atoms with Crippen LogP contribution in [0.15, 0.2) is 42.0 Å². The molecule has 0 bridgehead atoms. The fourth-order valence-corrected chi connectivity index (χ4v) is 3.79. The summed E-state index contributed by atoms with van der Waals surface area (Å²) in [7, 11) is 6.63. The third kappa shape index (κ3) is 4.05. The molecule has 0 aliphatic heterocycles. The molecule has 4 heteroatoms. The van der Waals surface area contributed by atoms with E-state index in [1.807, 2.05) is 24.3 Å². The fraction of sp³-hybridized carbons (Fsp3) is 0.391. The fourth-order valence-electron chi connectivity index (χ4n) is 3.79. The zero-order valence-corrected chi connectivity index (χ0v) is 16.6. The van der Waals surface area contributed by atoms with Crippen LogP contribution >= 0.6 is 0 Å². The number of allylic oxidation sites excluding steroid dienone is 1. The summed E-state index contributed by atoms with van der Waals surface area (Å²) < 4.78 is 22.0. The number of ether oxygens (including phenoxy) is 4. The van der Waals surface area contributed by atoms with Gasteiger partial charge >= 0.3 is 0 Å². The van der Waals surface area contributed by atoms with Gasteiger partial charge in [0.15, 0.2) is 11.5 Å². The molecule has 0 amide bonds. The SMILES string of the molecule is COc1ccc(C(=C2CCCCC2)c2cc(OC)c(OC)c(OC)c2)cc1. The number of rotatable bonds is 6. The van der Waals surface area contributed by atoms with E-state index in [-0.39, 0.29) is 0 Å². The Balaban J connectivity index is 2.18. The smallest absolute Gasteiger partial charge is 0.203 e. The van der Waals surface area contributed by atoms with Crippen molar-refractivity contribution in [3.05, 3.63) is 53.1 Å². The minimum atomic E-state index is 0.617. The lowest BCUT2D eigenvalue weighted by molar-refractivity contribution is 0.324. The van der Waals surface area contributed by atoms with Crippen LogP contribution in [0.3, 0.4) is 0 Å². The highest BCUT2D eigenvalue weighted by Crippen LogP contribution is 2.43. The molecule has 1 aliphatic rings. The minimum Gasteiger partial charge on any atom is -0.497 e. The van der Waals surface area contributed by atoms with Crippen molar-refractivity contribution in [2.75, 3.05) is 28.4 Å². The molecule has 0 spiro atoms. The molecule has 3 rings (SSSR count). The van der Waals surface area contributed by atoms with E-state index < -0.39 is 0 Å². The molecule has 0 radical (unpaired) electrons. The van der Waals surface area contributed by atoms with Crippen molar-refractivity contribution in [2.24, 2.45) is 0 Å². The van der Waals surface area contributed by atoms with Crippen molar-refractivity contribution < 1.29 is 18.9 Å². The Labute approximate surface area is 161 Å². The van der Waals surface area contributed by atoms with Gasteiger partial charge < -0.3 is 18.9 Å². The predicted octanol–water partition coefficient (Wildman–Crippen LogP) is 5.49. The van der Waals surface area contributed by atoms with Crippen LogP contribution in [0.1, 0.15) is 43.2 Å². The molecular weight excluding hydrogens is 340 g/mol. The Morgan fingerprint density at radius 2 is 1.26 bits per heavy atom.